The first-order valence-electron chi connectivity index (χ1n) is 18.6. The van der Waals surface area contributed by atoms with Crippen molar-refractivity contribution in [2.24, 2.45) is 9.98 Å². The molecule has 260 valence electrons. The van der Waals surface area contributed by atoms with Gasteiger partial charge in [0.15, 0.2) is 5.84 Å². The Hall–Kier alpha value is -6.88. The number of nitrogens with one attached hydrogen (secondary N) is 1. The van der Waals surface area contributed by atoms with Crippen molar-refractivity contribution in [1.29, 1.82) is 0 Å². The van der Waals surface area contributed by atoms with Crippen LogP contribution >= 0.6 is 11.3 Å². The number of amidine groups is 2. The number of fused-ring (bicyclic) bond motifs is 3. The predicted molar refractivity (Wildman–Crippen MR) is 233 cm³/mol. The summed E-state index contributed by atoms with van der Waals surface area (Å²) in [4.78, 5) is 10.2. The number of hydrogen-bond donors (Lipinski definition) is 1. The molecule has 0 fully saturated rings. The van der Waals surface area contributed by atoms with Crippen molar-refractivity contribution in [3.63, 3.8) is 0 Å². The Balaban J connectivity index is 1.03. The number of nitrogens with zero attached hydrogens (tertiary/aromatic N) is 2. The van der Waals surface area contributed by atoms with Crippen LogP contribution in [0.1, 0.15) is 22.9 Å². The Labute approximate surface area is 324 Å². The largest absolute Gasteiger partial charge is 0.344 e. The fourth-order valence-electron chi connectivity index (χ4n) is 7.58. The van der Waals surface area contributed by atoms with Crippen LogP contribution in [0.15, 0.2) is 210 Å². The van der Waals surface area contributed by atoms with Crippen molar-refractivity contribution < 1.29 is 0 Å². The maximum atomic E-state index is 5.17. The summed E-state index contributed by atoms with van der Waals surface area (Å²) in [6.45, 7) is 0. The smallest absolute Gasteiger partial charge is 0.159 e. The molecule has 0 spiro atoms. The van der Waals surface area contributed by atoms with E-state index in [9.17, 15) is 0 Å². The molecule has 0 aliphatic carbocycles. The molecule has 1 aromatic heterocycles. The molecule has 4 heteroatoms. The van der Waals surface area contributed by atoms with E-state index in [-0.39, 0.29) is 6.17 Å². The van der Waals surface area contributed by atoms with Crippen LogP contribution in [-0.4, -0.2) is 11.7 Å². The quantitative estimate of drug-likeness (QED) is 0.175. The molecule has 9 aromatic rings. The van der Waals surface area contributed by atoms with E-state index in [1.807, 2.05) is 35.6 Å². The minimum Gasteiger partial charge on any atom is -0.344 e. The zero-order chi connectivity index (χ0) is 36.6. The van der Waals surface area contributed by atoms with E-state index in [0.717, 1.165) is 28.4 Å². The monoisotopic (exact) mass is 721 g/mol. The topological polar surface area (TPSA) is 36.8 Å². The van der Waals surface area contributed by atoms with Gasteiger partial charge in [-0.3, -0.25) is 0 Å². The van der Waals surface area contributed by atoms with Gasteiger partial charge in [-0.1, -0.05) is 164 Å². The Bertz CT molecular complexity index is 2890. The second kappa shape index (κ2) is 14.2. The van der Waals surface area contributed by atoms with Gasteiger partial charge in [0.1, 0.15) is 12.0 Å². The van der Waals surface area contributed by atoms with E-state index in [0.29, 0.717) is 0 Å². The summed E-state index contributed by atoms with van der Waals surface area (Å²) in [5.74, 6) is 1.56. The lowest BCUT2D eigenvalue weighted by Crippen LogP contribution is -2.33. The molecular weight excluding hydrogens is 687 g/mol. The van der Waals surface area contributed by atoms with Crippen LogP contribution in [0.25, 0.3) is 64.7 Å². The molecule has 8 aromatic carbocycles. The first kappa shape index (κ1) is 32.7. The Morgan fingerprint density at radius 3 is 1.49 bits per heavy atom. The number of rotatable bonds is 7. The lowest BCUT2D eigenvalue weighted by atomic mass is 9.94. The fraction of sp³-hybridized carbons (Fsp3) is 0.0196. The van der Waals surface area contributed by atoms with Gasteiger partial charge < -0.3 is 5.32 Å². The number of hydrogen-bond acceptors (Lipinski definition) is 4. The molecule has 0 radical (unpaired) electrons. The van der Waals surface area contributed by atoms with E-state index >= 15 is 0 Å². The van der Waals surface area contributed by atoms with E-state index < -0.39 is 0 Å². The van der Waals surface area contributed by atoms with Crippen LogP contribution in [0, 0.1) is 0 Å². The second-order valence-corrected chi connectivity index (χ2v) is 14.9. The van der Waals surface area contributed by atoms with E-state index in [4.69, 9.17) is 9.98 Å². The summed E-state index contributed by atoms with van der Waals surface area (Å²) >= 11 is 1.82. The molecule has 3 nitrogen and oxygen atoms in total. The summed E-state index contributed by atoms with van der Waals surface area (Å²) in [5, 5.41) is 6.13. The Morgan fingerprint density at radius 1 is 0.400 bits per heavy atom. The van der Waals surface area contributed by atoms with Crippen LogP contribution < -0.4 is 5.32 Å². The van der Waals surface area contributed by atoms with Crippen molar-refractivity contribution in [3.8, 4) is 44.5 Å². The minimum absolute atomic E-state index is 0.256. The Kier molecular flexibility index (Phi) is 8.43. The van der Waals surface area contributed by atoms with Crippen LogP contribution in [0.5, 0.6) is 0 Å². The highest BCUT2D eigenvalue weighted by atomic mass is 32.1. The zero-order valence-corrected chi connectivity index (χ0v) is 30.7. The zero-order valence-electron chi connectivity index (χ0n) is 29.9. The maximum absolute atomic E-state index is 5.17. The van der Waals surface area contributed by atoms with E-state index in [1.165, 1.54) is 64.7 Å². The third-order valence-electron chi connectivity index (χ3n) is 10.3. The third-order valence-corrected chi connectivity index (χ3v) is 11.5. The molecule has 2 heterocycles. The SMILES string of the molecule is c1ccc(C2=NC(c3ccccc3)NC(c3cccc4sc5ccc(-c6cccc(-c7cccc(-c8cccc(-c9ccccc9)c8)c7)c6)cc5c34)=N2)cc1. The molecule has 55 heavy (non-hydrogen) atoms. The molecule has 1 aliphatic heterocycles. The highest BCUT2D eigenvalue weighted by Crippen LogP contribution is 2.40. The average molecular weight is 722 g/mol. The number of thiophene rings is 1. The standard InChI is InChI=1S/C51H35N3S/c1-4-14-34(15-5-1)37-20-10-21-38(30-37)39-22-11-23-40(31-39)41-24-12-25-42(32-41)43-28-29-46-45(33-43)48-44(26-13-27-47(48)55-46)51-53-49(35-16-6-2-7-17-35)52-50(54-51)36-18-8-3-9-19-36/h1-33,49H,(H,52,53,54). The summed E-state index contributed by atoms with van der Waals surface area (Å²) in [7, 11) is 0. The van der Waals surface area contributed by atoms with E-state index in [1.54, 1.807) is 0 Å². The van der Waals surface area contributed by atoms with Gasteiger partial charge in [0.25, 0.3) is 0 Å². The molecule has 0 amide bonds. The van der Waals surface area contributed by atoms with Crippen LogP contribution in [0.4, 0.5) is 0 Å². The highest BCUT2D eigenvalue weighted by molar-refractivity contribution is 7.25. The summed E-state index contributed by atoms with van der Waals surface area (Å²) in [6.07, 6.45) is -0.256. The molecule has 1 N–H and O–H groups in total. The van der Waals surface area contributed by atoms with Gasteiger partial charge in [0.05, 0.1) is 0 Å². The van der Waals surface area contributed by atoms with Gasteiger partial charge in [-0.2, -0.15) is 0 Å². The van der Waals surface area contributed by atoms with Crippen molar-refractivity contribution in [2.45, 2.75) is 6.17 Å². The van der Waals surface area contributed by atoms with Crippen molar-refractivity contribution in [3.05, 3.63) is 217 Å². The minimum atomic E-state index is -0.256. The lowest BCUT2D eigenvalue weighted by Gasteiger charge is -2.24. The van der Waals surface area contributed by atoms with Gasteiger partial charge in [-0.05, 0) is 86.5 Å². The van der Waals surface area contributed by atoms with Gasteiger partial charge >= 0.3 is 0 Å². The fourth-order valence-corrected chi connectivity index (χ4v) is 8.69. The summed E-state index contributed by atoms with van der Waals surface area (Å²) in [6, 6.07) is 71.2. The first-order valence-corrected chi connectivity index (χ1v) is 19.4. The summed E-state index contributed by atoms with van der Waals surface area (Å²) in [5.41, 5.74) is 12.8. The molecule has 1 atom stereocenters. The molecule has 0 saturated carbocycles. The molecule has 1 aliphatic rings. The van der Waals surface area contributed by atoms with Crippen LogP contribution in [0.3, 0.4) is 0 Å². The summed E-state index contributed by atoms with van der Waals surface area (Å²) < 4.78 is 2.48. The molecular formula is C51H35N3S. The Morgan fingerprint density at radius 2 is 0.891 bits per heavy atom. The average Bonchev–Trinajstić information content (AvgIpc) is 3.66. The number of benzene rings is 8. The molecule has 0 saturated heterocycles. The highest BCUT2D eigenvalue weighted by Gasteiger charge is 2.23. The van der Waals surface area contributed by atoms with Gasteiger partial charge in [0, 0.05) is 31.3 Å². The predicted octanol–water partition coefficient (Wildman–Crippen LogP) is 13.2. The van der Waals surface area contributed by atoms with Crippen molar-refractivity contribution >= 4 is 43.2 Å². The van der Waals surface area contributed by atoms with Crippen LogP contribution in [0.2, 0.25) is 0 Å². The molecule has 10 rings (SSSR count). The van der Waals surface area contributed by atoms with Crippen LogP contribution in [-0.2, 0) is 0 Å². The molecule has 0 bridgehead atoms. The van der Waals surface area contributed by atoms with E-state index in [2.05, 4.69) is 181 Å². The van der Waals surface area contributed by atoms with Crippen molar-refractivity contribution in [2.75, 3.05) is 0 Å². The lowest BCUT2D eigenvalue weighted by molar-refractivity contribution is 0.674. The first-order chi connectivity index (χ1) is 27.2. The van der Waals surface area contributed by atoms with Gasteiger partial charge in [-0.25, -0.2) is 9.98 Å². The normalized spacial score (nSPS) is 14.0. The molecule has 1 unspecified atom stereocenters. The maximum Gasteiger partial charge on any atom is 0.159 e. The van der Waals surface area contributed by atoms with Gasteiger partial charge in [-0.15, -0.1) is 11.3 Å². The second-order valence-electron chi connectivity index (χ2n) is 13.8. The number of aliphatic imine (C=N–C) groups is 2. The van der Waals surface area contributed by atoms with Gasteiger partial charge in [0.2, 0.25) is 0 Å². The van der Waals surface area contributed by atoms with Crippen molar-refractivity contribution in [1.82, 2.24) is 5.32 Å². The third kappa shape index (κ3) is 6.43.